The monoisotopic (exact) mass is 240 g/mol. The molecular weight excluding hydrogens is 227 g/mol. The maximum atomic E-state index is 13.4. The highest BCUT2D eigenvalue weighted by Gasteiger charge is 2.59. The van der Waals surface area contributed by atoms with Gasteiger partial charge < -0.3 is 4.57 Å². The van der Waals surface area contributed by atoms with Crippen LogP contribution in [0.2, 0.25) is 0 Å². The molecule has 0 amide bonds. The standard InChI is InChI=1S/C15H13OP/c16-17(11-6-2-1-3-7-11)14-9-5-4-8-12(14)13-10-15(13)17/h1-9,13,15H,10H2/t13-,15-,17+/m1/s1. The van der Waals surface area contributed by atoms with Crippen LogP contribution in [0.1, 0.15) is 17.9 Å². The maximum Gasteiger partial charge on any atom is 0.147 e. The van der Waals surface area contributed by atoms with E-state index in [0.29, 0.717) is 11.6 Å². The minimum absolute atomic E-state index is 0.391. The first-order chi connectivity index (χ1) is 8.32. The van der Waals surface area contributed by atoms with Gasteiger partial charge in [-0.25, -0.2) is 0 Å². The van der Waals surface area contributed by atoms with E-state index in [1.807, 2.05) is 36.4 Å². The maximum absolute atomic E-state index is 13.4. The lowest BCUT2D eigenvalue weighted by molar-refractivity contribution is 0.587. The van der Waals surface area contributed by atoms with Crippen molar-refractivity contribution in [1.82, 2.24) is 0 Å². The quantitative estimate of drug-likeness (QED) is 0.700. The first-order valence-corrected chi connectivity index (χ1v) is 7.84. The van der Waals surface area contributed by atoms with Gasteiger partial charge in [-0.1, -0.05) is 54.6 Å². The van der Waals surface area contributed by atoms with Crippen LogP contribution in [-0.4, -0.2) is 5.66 Å². The SMILES string of the molecule is O=[P@@]1(c2ccccc2)c2ccccc2[C@H]2C[C@H]21. The van der Waals surface area contributed by atoms with Crippen molar-refractivity contribution in [3.63, 3.8) is 0 Å². The number of hydrogen-bond acceptors (Lipinski definition) is 1. The van der Waals surface area contributed by atoms with Crippen molar-refractivity contribution < 1.29 is 4.57 Å². The third-order valence-corrected chi connectivity index (χ3v) is 7.75. The molecule has 3 atom stereocenters. The Morgan fingerprint density at radius 1 is 0.941 bits per heavy atom. The molecule has 2 heteroatoms. The van der Waals surface area contributed by atoms with Gasteiger partial charge in [0.1, 0.15) is 7.14 Å². The fraction of sp³-hybridized carbons (Fsp3) is 0.200. The Hall–Kier alpha value is -1.33. The van der Waals surface area contributed by atoms with Crippen LogP contribution in [-0.2, 0) is 4.57 Å². The summed E-state index contributed by atoms with van der Waals surface area (Å²) in [4.78, 5) is 0. The molecular formula is C15H13OP. The smallest absolute Gasteiger partial charge is 0.147 e. The Kier molecular flexibility index (Phi) is 1.77. The zero-order valence-corrected chi connectivity index (χ0v) is 10.3. The third kappa shape index (κ3) is 1.13. The molecule has 1 aliphatic heterocycles. The summed E-state index contributed by atoms with van der Waals surface area (Å²) in [6.45, 7) is 0. The summed E-state index contributed by atoms with van der Waals surface area (Å²) in [5.41, 5.74) is 1.73. The molecule has 1 nitrogen and oxygen atoms in total. The van der Waals surface area contributed by atoms with Gasteiger partial charge in [-0.3, -0.25) is 0 Å². The van der Waals surface area contributed by atoms with Crippen LogP contribution in [0, 0.1) is 0 Å². The molecule has 2 aromatic rings. The molecule has 0 unspecified atom stereocenters. The molecule has 1 saturated carbocycles. The van der Waals surface area contributed by atoms with Crippen molar-refractivity contribution in [3.05, 3.63) is 60.2 Å². The normalized spacial score (nSPS) is 32.9. The predicted octanol–water partition coefficient (Wildman–Crippen LogP) is 2.87. The molecule has 4 rings (SSSR count). The summed E-state index contributed by atoms with van der Waals surface area (Å²) in [5.74, 6) is 0.567. The average Bonchev–Trinajstić information content (AvgIpc) is 3.15. The summed E-state index contributed by atoms with van der Waals surface area (Å²) in [7, 11) is -2.33. The number of fused-ring (bicyclic) bond motifs is 3. The minimum Gasteiger partial charge on any atom is -0.313 e. The third-order valence-electron chi connectivity index (χ3n) is 4.06. The van der Waals surface area contributed by atoms with Crippen molar-refractivity contribution in [2.24, 2.45) is 0 Å². The summed E-state index contributed by atoms with van der Waals surface area (Å²) in [5, 5.41) is 2.16. The van der Waals surface area contributed by atoms with E-state index in [9.17, 15) is 4.57 Å². The number of hydrogen-bond donors (Lipinski definition) is 0. The Bertz CT molecular complexity index is 632. The first kappa shape index (κ1) is 9.67. The molecule has 1 aliphatic carbocycles. The highest BCUT2D eigenvalue weighted by atomic mass is 31.2. The first-order valence-electron chi connectivity index (χ1n) is 6.06. The topological polar surface area (TPSA) is 17.1 Å². The summed E-state index contributed by atoms with van der Waals surface area (Å²) in [6, 6.07) is 18.3. The Labute approximate surface area is 101 Å². The highest BCUT2D eigenvalue weighted by Crippen LogP contribution is 2.71. The van der Waals surface area contributed by atoms with Gasteiger partial charge in [-0.2, -0.15) is 0 Å². The van der Waals surface area contributed by atoms with Crippen LogP contribution in [0.15, 0.2) is 54.6 Å². The molecule has 84 valence electrons. The molecule has 0 spiro atoms. The molecule has 0 saturated heterocycles. The van der Waals surface area contributed by atoms with Crippen LogP contribution >= 0.6 is 7.14 Å². The predicted molar refractivity (Wildman–Crippen MR) is 70.9 cm³/mol. The molecule has 2 aromatic carbocycles. The van der Waals surface area contributed by atoms with E-state index in [-0.39, 0.29) is 0 Å². The Balaban J connectivity index is 1.99. The average molecular weight is 240 g/mol. The van der Waals surface area contributed by atoms with Gasteiger partial charge in [0.25, 0.3) is 0 Å². The molecule has 1 fully saturated rings. The summed E-state index contributed by atoms with van der Waals surface area (Å²) < 4.78 is 13.4. The Morgan fingerprint density at radius 2 is 1.65 bits per heavy atom. The fourth-order valence-electron chi connectivity index (χ4n) is 3.18. The van der Waals surface area contributed by atoms with Crippen molar-refractivity contribution in [2.45, 2.75) is 18.0 Å². The van der Waals surface area contributed by atoms with E-state index < -0.39 is 7.14 Å². The lowest BCUT2D eigenvalue weighted by atomic mass is 10.1. The van der Waals surface area contributed by atoms with E-state index >= 15 is 0 Å². The second-order valence-corrected chi connectivity index (χ2v) is 7.94. The lowest BCUT2D eigenvalue weighted by Gasteiger charge is -2.16. The lowest BCUT2D eigenvalue weighted by Crippen LogP contribution is -2.17. The molecule has 0 radical (unpaired) electrons. The molecule has 17 heavy (non-hydrogen) atoms. The van der Waals surface area contributed by atoms with E-state index in [1.54, 1.807) is 0 Å². The number of benzene rings is 2. The van der Waals surface area contributed by atoms with Crippen LogP contribution < -0.4 is 10.6 Å². The zero-order chi connectivity index (χ0) is 11.5. The fourth-order valence-corrected chi connectivity index (χ4v) is 6.94. The van der Waals surface area contributed by atoms with E-state index in [4.69, 9.17) is 0 Å². The van der Waals surface area contributed by atoms with Crippen molar-refractivity contribution in [1.29, 1.82) is 0 Å². The van der Waals surface area contributed by atoms with Gasteiger partial charge >= 0.3 is 0 Å². The van der Waals surface area contributed by atoms with Crippen LogP contribution in [0.4, 0.5) is 0 Å². The summed E-state index contributed by atoms with van der Waals surface area (Å²) in [6.07, 6.45) is 1.11. The number of rotatable bonds is 1. The van der Waals surface area contributed by atoms with Crippen molar-refractivity contribution in [3.8, 4) is 0 Å². The van der Waals surface area contributed by atoms with E-state index in [2.05, 4.69) is 18.2 Å². The van der Waals surface area contributed by atoms with Gasteiger partial charge in [-0.05, 0) is 17.9 Å². The largest absolute Gasteiger partial charge is 0.313 e. The molecule has 0 N–H and O–H groups in total. The second kappa shape index (κ2) is 3.11. The minimum atomic E-state index is -2.33. The van der Waals surface area contributed by atoms with Gasteiger partial charge in [-0.15, -0.1) is 0 Å². The highest BCUT2D eigenvalue weighted by molar-refractivity contribution is 7.80. The van der Waals surface area contributed by atoms with Crippen molar-refractivity contribution >= 4 is 17.8 Å². The second-order valence-electron chi connectivity index (χ2n) is 4.96. The van der Waals surface area contributed by atoms with Crippen LogP contribution in [0.25, 0.3) is 0 Å². The van der Waals surface area contributed by atoms with Gasteiger partial charge in [0.2, 0.25) is 0 Å². The molecule has 2 aliphatic rings. The zero-order valence-electron chi connectivity index (χ0n) is 9.41. The van der Waals surface area contributed by atoms with Gasteiger partial charge in [0, 0.05) is 16.3 Å². The van der Waals surface area contributed by atoms with Crippen LogP contribution in [0.5, 0.6) is 0 Å². The van der Waals surface area contributed by atoms with Gasteiger partial charge in [0.05, 0.1) is 0 Å². The molecule has 1 heterocycles. The van der Waals surface area contributed by atoms with Crippen LogP contribution in [0.3, 0.4) is 0 Å². The van der Waals surface area contributed by atoms with Gasteiger partial charge in [0.15, 0.2) is 0 Å². The molecule has 0 bridgehead atoms. The van der Waals surface area contributed by atoms with Crippen molar-refractivity contribution in [2.75, 3.05) is 0 Å². The summed E-state index contributed by atoms with van der Waals surface area (Å²) >= 11 is 0. The van der Waals surface area contributed by atoms with E-state index in [1.165, 1.54) is 5.56 Å². The Morgan fingerprint density at radius 3 is 2.47 bits per heavy atom. The van der Waals surface area contributed by atoms with E-state index in [0.717, 1.165) is 17.0 Å². The molecule has 0 aromatic heterocycles.